The van der Waals surface area contributed by atoms with E-state index in [2.05, 4.69) is 55.7 Å². The zero-order chi connectivity index (χ0) is 36.9. The molecule has 1 aliphatic rings. The van der Waals surface area contributed by atoms with E-state index in [9.17, 15) is 9.59 Å². The van der Waals surface area contributed by atoms with E-state index in [1.807, 2.05) is 66.7 Å². The van der Waals surface area contributed by atoms with E-state index in [1.165, 1.54) is 5.56 Å². The smallest absolute Gasteiger partial charge is 0.256 e. The molecule has 0 saturated heterocycles. The van der Waals surface area contributed by atoms with Crippen LogP contribution in [0.2, 0.25) is 5.02 Å². The third kappa shape index (κ3) is 12.2. The zero-order valence-electron chi connectivity index (χ0n) is 31.2. The quantitative estimate of drug-likeness (QED) is 0.105. The van der Waals surface area contributed by atoms with Gasteiger partial charge in [0, 0.05) is 34.9 Å². The van der Waals surface area contributed by atoms with Gasteiger partial charge in [0.25, 0.3) is 5.91 Å². The fourth-order valence-corrected chi connectivity index (χ4v) is 6.63. The normalized spacial score (nSPS) is 15.6. The Labute approximate surface area is 326 Å². The second-order valence-corrected chi connectivity index (χ2v) is 14.8. The van der Waals surface area contributed by atoms with E-state index in [1.54, 1.807) is 18.1 Å². The molecule has 10 heteroatoms. The van der Waals surface area contributed by atoms with Gasteiger partial charge in [-0.3, -0.25) is 9.59 Å². The number of carbonyl (C=O) groups is 2. The third-order valence-electron chi connectivity index (χ3n) is 8.90. The topological polar surface area (TPSA) is 89.1 Å². The average molecular weight is 763 g/mol. The number of rotatable bonds is 17. The SMILES string of the molecule is COc1c(OCCCNCCCc2ccccc2)cccc1[C@H]1O[C@H](CC(=O)NCCc2ccccc2)C(=O)N(CC(C)(C)C)c2ccc(Cl)cc21.Cl. The molecule has 0 radical (unpaired) electrons. The first kappa shape index (κ1) is 41.7. The zero-order valence-corrected chi connectivity index (χ0v) is 32.8. The molecule has 0 saturated carbocycles. The van der Waals surface area contributed by atoms with Crippen LogP contribution in [0.5, 0.6) is 11.5 Å². The molecule has 8 nitrogen and oxygen atoms in total. The van der Waals surface area contributed by atoms with E-state index < -0.39 is 12.2 Å². The molecule has 0 fully saturated rings. The maximum Gasteiger partial charge on any atom is 0.256 e. The summed E-state index contributed by atoms with van der Waals surface area (Å²) in [5.74, 6) is 0.554. The van der Waals surface area contributed by atoms with Gasteiger partial charge >= 0.3 is 0 Å². The highest BCUT2D eigenvalue weighted by Gasteiger charge is 2.40. The molecule has 0 bridgehead atoms. The molecule has 4 aromatic rings. The van der Waals surface area contributed by atoms with Crippen LogP contribution in [0.15, 0.2) is 97.1 Å². The van der Waals surface area contributed by atoms with Crippen LogP contribution in [0, 0.1) is 5.41 Å². The van der Waals surface area contributed by atoms with Gasteiger partial charge in [-0.15, -0.1) is 12.4 Å². The van der Waals surface area contributed by atoms with Gasteiger partial charge in [0.05, 0.1) is 20.1 Å². The van der Waals surface area contributed by atoms with Crippen LogP contribution in [-0.4, -0.2) is 57.8 Å². The maximum atomic E-state index is 14.4. The summed E-state index contributed by atoms with van der Waals surface area (Å²) in [6, 6.07) is 31.6. The number of anilines is 1. The molecule has 4 aromatic carbocycles. The van der Waals surface area contributed by atoms with Crippen molar-refractivity contribution < 1.29 is 23.8 Å². The Morgan fingerprint density at radius 3 is 2.21 bits per heavy atom. The van der Waals surface area contributed by atoms with Crippen molar-refractivity contribution in [3.63, 3.8) is 0 Å². The summed E-state index contributed by atoms with van der Waals surface area (Å²) in [6.45, 7) is 9.36. The first-order chi connectivity index (χ1) is 25.1. The Hall–Kier alpha value is -4.08. The Bertz CT molecular complexity index is 1750. The number of hydrogen-bond acceptors (Lipinski definition) is 6. The summed E-state index contributed by atoms with van der Waals surface area (Å²) >= 11 is 6.61. The van der Waals surface area contributed by atoms with Crippen LogP contribution in [0.1, 0.15) is 68.4 Å². The number of ether oxygens (including phenoxy) is 3. The summed E-state index contributed by atoms with van der Waals surface area (Å²) in [6.07, 6.45) is 1.65. The Morgan fingerprint density at radius 2 is 1.53 bits per heavy atom. The van der Waals surface area contributed by atoms with Crippen LogP contribution in [0.4, 0.5) is 5.69 Å². The van der Waals surface area contributed by atoms with Crippen LogP contribution in [-0.2, 0) is 27.2 Å². The summed E-state index contributed by atoms with van der Waals surface area (Å²) in [5.41, 5.74) is 4.32. The van der Waals surface area contributed by atoms with Gasteiger partial charge < -0.3 is 29.7 Å². The number of hydrogen-bond donors (Lipinski definition) is 2. The average Bonchev–Trinajstić information content (AvgIpc) is 3.23. The number of halogens is 2. The number of nitrogens with one attached hydrogen (secondary N) is 2. The van der Waals surface area contributed by atoms with Gasteiger partial charge in [0.1, 0.15) is 12.2 Å². The van der Waals surface area contributed by atoms with Gasteiger partial charge in [-0.2, -0.15) is 0 Å². The van der Waals surface area contributed by atoms with E-state index in [0.29, 0.717) is 59.5 Å². The maximum absolute atomic E-state index is 14.4. The number of methoxy groups -OCH3 is 1. The Balaban J connectivity index is 0.00000627. The van der Waals surface area contributed by atoms with E-state index >= 15 is 0 Å². The van der Waals surface area contributed by atoms with Crippen molar-refractivity contribution in [3.05, 3.63) is 124 Å². The highest BCUT2D eigenvalue weighted by molar-refractivity contribution is 6.30. The molecule has 2 amide bonds. The van der Waals surface area contributed by atoms with E-state index in [0.717, 1.165) is 37.9 Å². The van der Waals surface area contributed by atoms with E-state index in [4.69, 9.17) is 25.8 Å². The van der Waals surface area contributed by atoms with Gasteiger partial charge in [-0.25, -0.2) is 0 Å². The molecule has 53 heavy (non-hydrogen) atoms. The summed E-state index contributed by atoms with van der Waals surface area (Å²) in [5, 5.41) is 7.01. The first-order valence-corrected chi connectivity index (χ1v) is 18.6. The molecule has 0 aliphatic carbocycles. The predicted molar refractivity (Wildman–Crippen MR) is 216 cm³/mol. The highest BCUT2D eigenvalue weighted by atomic mass is 35.5. The molecule has 0 unspecified atom stereocenters. The number of nitrogens with zero attached hydrogens (tertiary/aromatic N) is 1. The lowest BCUT2D eigenvalue weighted by Crippen LogP contribution is -2.45. The van der Waals surface area contributed by atoms with Crippen molar-refractivity contribution in [1.82, 2.24) is 10.6 Å². The number of para-hydroxylation sites is 1. The number of fused-ring (bicyclic) bond motifs is 1. The Morgan fingerprint density at radius 1 is 0.849 bits per heavy atom. The highest BCUT2D eigenvalue weighted by Crippen LogP contribution is 2.45. The molecule has 5 rings (SSSR count). The van der Waals surface area contributed by atoms with Gasteiger partial charge in [-0.1, -0.05) is 105 Å². The molecule has 0 aromatic heterocycles. The van der Waals surface area contributed by atoms with Crippen molar-refractivity contribution in [3.8, 4) is 11.5 Å². The predicted octanol–water partition coefficient (Wildman–Crippen LogP) is 8.38. The minimum absolute atomic E-state index is 0. The van der Waals surface area contributed by atoms with Crippen molar-refractivity contribution >= 4 is 41.5 Å². The van der Waals surface area contributed by atoms with Crippen LogP contribution in [0.3, 0.4) is 0 Å². The fraction of sp³-hybridized carbons (Fsp3) is 0.395. The molecule has 2 N–H and O–H groups in total. The van der Waals surface area contributed by atoms with Crippen molar-refractivity contribution in [2.24, 2.45) is 5.41 Å². The van der Waals surface area contributed by atoms with Crippen molar-refractivity contribution in [2.75, 3.05) is 44.8 Å². The number of carbonyl (C=O) groups excluding carboxylic acids is 2. The van der Waals surface area contributed by atoms with Gasteiger partial charge in [-0.05, 0) is 79.6 Å². The van der Waals surface area contributed by atoms with Crippen LogP contribution < -0.4 is 25.0 Å². The molecule has 1 aliphatic heterocycles. The lowest BCUT2D eigenvalue weighted by Gasteiger charge is -2.31. The summed E-state index contributed by atoms with van der Waals surface area (Å²) in [7, 11) is 1.60. The van der Waals surface area contributed by atoms with Crippen LogP contribution in [0.25, 0.3) is 0 Å². The molecule has 284 valence electrons. The lowest BCUT2D eigenvalue weighted by molar-refractivity contribution is -0.138. The van der Waals surface area contributed by atoms with Crippen LogP contribution >= 0.6 is 24.0 Å². The molecule has 0 spiro atoms. The van der Waals surface area contributed by atoms with Gasteiger partial charge in [0.15, 0.2) is 11.5 Å². The summed E-state index contributed by atoms with van der Waals surface area (Å²) < 4.78 is 19.0. The lowest BCUT2D eigenvalue weighted by atomic mass is 9.94. The number of aryl methyl sites for hydroxylation is 1. The Kier molecular flexibility index (Phi) is 16.0. The van der Waals surface area contributed by atoms with Gasteiger partial charge in [0.2, 0.25) is 5.91 Å². The molecule has 2 atom stereocenters. The van der Waals surface area contributed by atoms with E-state index in [-0.39, 0.29) is 36.1 Å². The second kappa shape index (κ2) is 20.4. The third-order valence-corrected chi connectivity index (χ3v) is 9.13. The molecule has 1 heterocycles. The van der Waals surface area contributed by atoms with Crippen molar-refractivity contribution in [1.29, 1.82) is 0 Å². The largest absolute Gasteiger partial charge is 0.492 e. The number of amides is 2. The van der Waals surface area contributed by atoms with Crippen molar-refractivity contribution in [2.45, 2.75) is 65.1 Å². The minimum atomic E-state index is -1.06. The molecular weight excluding hydrogens is 709 g/mol. The standard InChI is InChI=1S/C43H52ClN3O5.ClH/c1-43(2,3)30-47-36-22-21-33(44)28-35(36)40(52-38(42(47)49)29-39(48)46-26-23-32-16-9-6-10-17-32)34-19-11-20-37(41(34)50-4)51-27-13-25-45-24-12-18-31-14-7-5-8-15-31;/h5-11,14-17,19-22,28,38,40,45H,12-13,18,23-27,29-30H2,1-4H3,(H,46,48);1H/t38-,40-;/m1./s1. The fourth-order valence-electron chi connectivity index (χ4n) is 6.45. The second-order valence-electron chi connectivity index (χ2n) is 14.4. The number of benzene rings is 4. The minimum Gasteiger partial charge on any atom is -0.492 e. The monoisotopic (exact) mass is 761 g/mol. The molecular formula is C43H53Cl2N3O5. The summed E-state index contributed by atoms with van der Waals surface area (Å²) in [4.78, 5) is 29.5. The first-order valence-electron chi connectivity index (χ1n) is 18.2.